The van der Waals surface area contributed by atoms with Crippen LogP contribution in [0, 0.1) is 0 Å². The molecule has 2 rings (SSSR count). The molecule has 6 heteroatoms. The first kappa shape index (κ1) is 12.1. The van der Waals surface area contributed by atoms with Crippen molar-refractivity contribution in [3.05, 3.63) is 5.69 Å². The van der Waals surface area contributed by atoms with Crippen LogP contribution < -0.4 is 5.32 Å². The molecule has 1 aromatic rings. The summed E-state index contributed by atoms with van der Waals surface area (Å²) in [6, 6.07) is 0. The van der Waals surface area contributed by atoms with Crippen molar-refractivity contribution in [3.8, 4) is 0 Å². The lowest BCUT2D eigenvalue weighted by atomic mass is 10.2. The number of nitrogens with one attached hydrogen (secondary N) is 1. The van der Waals surface area contributed by atoms with Crippen LogP contribution in [0.5, 0.6) is 0 Å². The minimum atomic E-state index is 0.363. The number of hydrogen-bond donors (Lipinski definition) is 1. The molecule has 90 valence electrons. The normalized spacial score (nSPS) is 20.9. The molecule has 1 fully saturated rings. The van der Waals surface area contributed by atoms with Crippen LogP contribution in [0.25, 0.3) is 0 Å². The third kappa shape index (κ3) is 2.87. The number of hydrogen-bond acceptors (Lipinski definition) is 6. The van der Waals surface area contributed by atoms with Crippen molar-refractivity contribution in [3.63, 3.8) is 0 Å². The van der Waals surface area contributed by atoms with Crippen LogP contribution in [0.15, 0.2) is 0 Å². The second-order valence-corrected chi connectivity index (χ2v) is 7.17. The summed E-state index contributed by atoms with van der Waals surface area (Å²) in [5.74, 6) is 1.21. The Morgan fingerprint density at radius 2 is 2.31 bits per heavy atom. The number of anilines is 1. The van der Waals surface area contributed by atoms with Crippen molar-refractivity contribution >= 4 is 28.3 Å². The molecule has 16 heavy (non-hydrogen) atoms. The molecule has 0 spiro atoms. The van der Waals surface area contributed by atoms with Gasteiger partial charge in [0.25, 0.3) is 0 Å². The van der Waals surface area contributed by atoms with Gasteiger partial charge >= 0.3 is 0 Å². The minimum Gasteiger partial charge on any atom is -0.377 e. The third-order valence-electron chi connectivity index (χ3n) is 2.66. The number of thioether (sulfide) groups is 1. The lowest BCUT2D eigenvalue weighted by Crippen LogP contribution is -2.42. The summed E-state index contributed by atoms with van der Waals surface area (Å²) in [5.41, 5.74) is 1.08. The first-order valence-corrected chi connectivity index (χ1v) is 7.22. The number of rotatable bonds is 3. The van der Waals surface area contributed by atoms with E-state index in [1.807, 2.05) is 7.05 Å². The number of nitrogens with zero attached hydrogens (tertiary/aromatic N) is 3. The molecule has 0 saturated carbocycles. The minimum absolute atomic E-state index is 0.363. The maximum atomic E-state index is 4.19. The van der Waals surface area contributed by atoms with Crippen molar-refractivity contribution in [2.75, 3.05) is 31.2 Å². The Morgan fingerprint density at radius 3 is 3.00 bits per heavy atom. The molecule has 0 bridgehead atoms. The molecule has 0 amide bonds. The van der Waals surface area contributed by atoms with Crippen molar-refractivity contribution in [2.24, 2.45) is 0 Å². The van der Waals surface area contributed by atoms with E-state index in [2.05, 4.69) is 45.4 Å². The Hall–Kier alpha value is -0.330. The van der Waals surface area contributed by atoms with E-state index in [9.17, 15) is 0 Å². The second kappa shape index (κ2) is 4.89. The molecule has 1 N–H and O–H groups in total. The highest BCUT2D eigenvalue weighted by molar-refractivity contribution is 8.00. The summed E-state index contributed by atoms with van der Waals surface area (Å²) < 4.78 is 4.35. The van der Waals surface area contributed by atoms with E-state index in [-0.39, 0.29) is 0 Å². The molecular formula is C10H18N4S2. The van der Waals surface area contributed by atoms with Gasteiger partial charge < -0.3 is 5.32 Å². The zero-order valence-electron chi connectivity index (χ0n) is 9.99. The number of aromatic nitrogens is 2. The van der Waals surface area contributed by atoms with Gasteiger partial charge in [-0.15, -0.1) is 5.10 Å². The van der Waals surface area contributed by atoms with E-state index < -0.39 is 0 Å². The maximum absolute atomic E-state index is 4.19. The molecule has 0 unspecified atom stereocenters. The fourth-order valence-corrected chi connectivity index (χ4v) is 3.66. The molecule has 0 aliphatic carbocycles. The van der Waals surface area contributed by atoms with Gasteiger partial charge in [0.1, 0.15) is 10.7 Å². The predicted octanol–water partition coefficient (Wildman–Crippen LogP) is 1.91. The zero-order chi connectivity index (χ0) is 11.6. The molecule has 1 aliphatic heterocycles. The summed E-state index contributed by atoms with van der Waals surface area (Å²) in [7, 11) is 1.93. The summed E-state index contributed by atoms with van der Waals surface area (Å²) in [6.07, 6.45) is 0. The molecule has 0 aromatic carbocycles. The van der Waals surface area contributed by atoms with Gasteiger partial charge in [0.2, 0.25) is 0 Å². The van der Waals surface area contributed by atoms with E-state index in [4.69, 9.17) is 0 Å². The van der Waals surface area contributed by atoms with Crippen LogP contribution in [0.4, 0.5) is 5.00 Å². The molecule has 0 atom stereocenters. The SMILES string of the molecule is CNc1snnc1CN1CCSC(C)(C)C1. The molecule has 1 aromatic heterocycles. The van der Waals surface area contributed by atoms with Crippen molar-refractivity contribution in [2.45, 2.75) is 25.1 Å². The Kier molecular flexibility index (Phi) is 3.71. The molecule has 0 radical (unpaired) electrons. The highest BCUT2D eigenvalue weighted by Crippen LogP contribution is 2.30. The highest BCUT2D eigenvalue weighted by Gasteiger charge is 2.27. The first-order valence-electron chi connectivity index (χ1n) is 5.46. The Labute approximate surface area is 105 Å². The quantitative estimate of drug-likeness (QED) is 0.897. The van der Waals surface area contributed by atoms with Crippen LogP contribution in [0.1, 0.15) is 19.5 Å². The fourth-order valence-electron chi connectivity index (χ4n) is 1.96. The van der Waals surface area contributed by atoms with E-state index >= 15 is 0 Å². The third-order valence-corrected chi connectivity index (χ3v) is 4.74. The monoisotopic (exact) mass is 258 g/mol. The van der Waals surface area contributed by atoms with Crippen molar-refractivity contribution in [1.29, 1.82) is 0 Å². The fraction of sp³-hybridized carbons (Fsp3) is 0.800. The van der Waals surface area contributed by atoms with Gasteiger partial charge in [-0.05, 0) is 13.8 Å². The first-order chi connectivity index (χ1) is 7.61. The van der Waals surface area contributed by atoms with E-state index in [0.29, 0.717) is 4.75 Å². The Balaban J connectivity index is 1.99. The molecule has 1 aliphatic rings. The van der Waals surface area contributed by atoms with Crippen molar-refractivity contribution in [1.82, 2.24) is 14.5 Å². The average molecular weight is 258 g/mol. The van der Waals surface area contributed by atoms with Gasteiger partial charge in [0.05, 0.1) is 0 Å². The average Bonchev–Trinajstić information content (AvgIpc) is 2.63. The van der Waals surface area contributed by atoms with Gasteiger partial charge in [0.15, 0.2) is 0 Å². The van der Waals surface area contributed by atoms with Crippen molar-refractivity contribution < 1.29 is 0 Å². The standard InChI is InChI=1S/C10H18N4S2/c1-10(2)7-14(4-5-15-10)6-8-9(11-3)16-13-12-8/h11H,4-7H2,1-3H3. The predicted molar refractivity (Wildman–Crippen MR) is 71.3 cm³/mol. The lowest BCUT2D eigenvalue weighted by molar-refractivity contribution is 0.250. The van der Waals surface area contributed by atoms with Crippen LogP contribution in [-0.4, -0.2) is 45.1 Å². The largest absolute Gasteiger partial charge is 0.377 e. The maximum Gasteiger partial charge on any atom is 0.134 e. The van der Waals surface area contributed by atoms with Gasteiger partial charge in [-0.3, -0.25) is 4.90 Å². The smallest absolute Gasteiger partial charge is 0.134 e. The second-order valence-electron chi connectivity index (χ2n) is 4.62. The van der Waals surface area contributed by atoms with Gasteiger partial charge in [-0.2, -0.15) is 11.8 Å². The zero-order valence-corrected chi connectivity index (χ0v) is 11.6. The van der Waals surface area contributed by atoms with Crippen LogP contribution in [0.2, 0.25) is 0 Å². The summed E-state index contributed by atoms with van der Waals surface area (Å²) >= 11 is 3.49. The van der Waals surface area contributed by atoms with E-state index in [1.165, 1.54) is 17.3 Å². The molecule has 1 saturated heterocycles. The van der Waals surface area contributed by atoms with Gasteiger partial charge in [-0.1, -0.05) is 4.49 Å². The molecule has 2 heterocycles. The summed E-state index contributed by atoms with van der Waals surface area (Å²) in [4.78, 5) is 2.47. The summed E-state index contributed by atoms with van der Waals surface area (Å²) in [6.45, 7) is 7.80. The van der Waals surface area contributed by atoms with Crippen LogP contribution in [0.3, 0.4) is 0 Å². The van der Waals surface area contributed by atoms with E-state index in [1.54, 1.807) is 0 Å². The molecular weight excluding hydrogens is 240 g/mol. The lowest BCUT2D eigenvalue weighted by Gasteiger charge is -2.37. The molecule has 4 nitrogen and oxygen atoms in total. The van der Waals surface area contributed by atoms with Crippen LogP contribution >= 0.6 is 23.3 Å². The summed E-state index contributed by atoms with van der Waals surface area (Å²) in [5, 5.41) is 8.43. The van der Waals surface area contributed by atoms with E-state index in [0.717, 1.165) is 30.3 Å². The topological polar surface area (TPSA) is 41.1 Å². The highest BCUT2D eigenvalue weighted by atomic mass is 32.2. The van der Waals surface area contributed by atoms with Crippen LogP contribution in [-0.2, 0) is 6.54 Å². The van der Waals surface area contributed by atoms with Gasteiger partial charge in [-0.25, -0.2) is 0 Å². The Bertz CT molecular complexity index is 350. The van der Waals surface area contributed by atoms with Gasteiger partial charge in [0, 0.05) is 48.7 Å². The Morgan fingerprint density at radius 1 is 1.50 bits per heavy atom.